The quantitative estimate of drug-likeness (QED) is 0.0508. The molecule has 0 aliphatic rings. The average molecular weight is 685 g/mol. The van der Waals surface area contributed by atoms with Gasteiger partial charge in [0.2, 0.25) is 0 Å². The summed E-state index contributed by atoms with van der Waals surface area (Å²) in [5.41, 5.74) is 5.13. The van der Waals surface area contributed by atoms with Crippen molar-refractivity contribution in [3.63, 3.8) is 0 Å². The van der Waals surface area contributed by atoms with E-state index in [9.17, 15) is 14.4 Å². The second kappa shape index (κ2) is 19.9. The Bertz CT molecular complexity index is 1900. The summed E-state index contributed by atoms with van der Waals surface area (Å²) in [7, 11) is 0. The van der Waals surface area contributed by atoms with Crippen molar-refractivity contribution in [3.05, 3.63) is 155 Å². The Hall–Kier alpha value is -5.80. The molecule has 0 aliphatic heterocycles. The van der Waals surface area contributed by atoms with Gasteiger partial charge in [-0.1, -0.05) is 72.9 Å². The van der Waals surface area contributed by atoms with Crippen LogP contribution in [0, 0.1) is 23.7 Å². The molecule has 0 amide bonds. The van der Waals surface area contributed by atoms with Gasteiger partial charge in [0.25, 0.3) is 0 Å². The van der Waals surface area contributed by atoms with E-state index in [1.54, 1.807) is 24.3 Å². The molecule has 0 bridgehead atoms. The molecule has 4 aromatic rings. The first-order valence-electron chi connectivity index (χ1n) is 15.8. The molecule has 0 fully saturated rings. The summed E-state index contributed by atoms with van der Waals surface area (Å²) in [5, 5.41) is 8.95. The van der Waals surface area contributed by atoms with E-state index in [-0.39, 0.29) is 23.7 Å². The summed E-state index contributed by atoms with van der Waals surface area (Å²) >= 11 is 1.15. The number of hydrogen-bond donors (Lipinski definition) is 1. The molecule has 0 aliphatic carbocycles. The normalized spacial score (nSPS) is 10.0. The van der Waals surface area contributed by atoms with Crippen LogP contribution in [0.25, 0.3) is 0 Å². The summed E-state index contributed by atoms with van der Waals surface area (Å²) in [6.07, 6.45) is 2.92. The first kappa shape index (κ1) is 37.0. The Labute approximate surface area is 297 Å². The van der Waals surface area contributed by atoms with Crippen LogP contribution in [0.3, 0.4) is 0 Å². The van der Waals surface area contributed by atoms with Crippen molar-refractivity contribution in [2.45, 2.75) is 30.8 Å². The van der Waals surface area contributed by atoms with Crippen molar-refractivity contribution in [1.29, 1.82) is 0 Å². The Morgan fingerprint density at radius 1 is 0.680 bits per heavy atom. The van der Waals surface area contributed by atoms with Crippen molar-refractivity contribution < 1.29 is 33.7 Å². The van der Waals surface area contributed by atoms with E-state index in [2.05, 4.69) is 36.8 Å². The molecular weight excluding hydrogens is 649 g/mol. The summed E-state index contributed by atoms with van der Waals surface area (Å²) in [5.74, 6) is 12.4. The smallest absolute Gasteiger partial charge is 0.336 e. The Morgan fingerprint density at radius 3 is 1.72 bits per heavy atom. The van der Waals surface area contributed by atoms with Crippen LogP contribution < -0.4 is 4.74 Å². The van der Waals surface area contributed by atoms with Gasteiger partial charge in [0.1, 0.15) is 12.4 Å². The molecule has 4 aromatic carbocycles. The fourth-order valence-electron chi connectivity index (χ4n) is 4.20. The number of aliphatic hydroxyl groups is 1. The zero-order valence-corrected chi connectivity index (χ0v) is 28.3. The minimum atomic E-state index is -0.641. The number of esters is 2. The highest BCUT2D eigenvalue weighted by Crippen LogP contribution is 2.22. The molecular formula is C42H36O7S. The van der Waals surface area contributed by atoms with Crippen molar-refractivity contribution in [2.75, 3.05) is 19.8 Å². The van der Waals surface area contributed by atoms with E-state index in [0.717, 1.165) is 74.7 Å². The van der Waals surface area contributed by atoms with E-state index in [1.807, 2.05) is 72.8 Å². The number of aliphatic hydroxyl groups excluding tert-OH is 1. The number of carbonyl (C=O) groups excluding carboxylic acids is 3. The third-order valence-corrected chi connectivity index (χ3v) is 7.85. The largest absolute Gasteiger partial charge is 0.494 e. The van der Waals surface area contributed by atoms with Crippen LogP contribution in [-0.4, -0.2) is 42.0 Å². The van der Waals surface area contributed by atoms with E-state index in [4.69, 9.17) is 19.3 Å². The highest BCUT2D eigenvalue weighted by molar-refractivity contribution is 8.13. The number of unbranched alkanes of at least 4 members (excludes halogenated alkanes) is 1. The lowest BCUT2D eigenvalue weighted by atomic mass is 10.1. The maximum atomic E-state index is 12.6. The molecule has 0 atom stereocenters. The predicted molar refractivity (Wildman–Crippen MR) is 194 cm³/mol. The first-order valence-corrected chi connectivity index (χ1v) is 16.6. The number of benzene rings is 4. The summed E-state index contributed by atoms with van der Waals surface area (Å²) < 4.78 is 15.8. The molecule has 7 nitrogen and oxygen atoms in total. The van der Waals surface area contributed by atoms with Crippen LogP contribution in [0.4, 0.5) is 0 Å². The second-order valence-corrected chi connectivity index (χ2v) is 12.0. The second-order valence-electron chi connectivity index (χ2n) is 10.9. The minimum absolute atomic E-state index is 0.000548. The third kappa shape index (κ3) is 13.0. The fourth-order valence-corrected chi connectivity index (χ4v) is 4.97. The van der Waals surface area contributed by atoms with Gasteiger partial charge in [0.15, 0.2) is 5.12 Å². The zero-order valence-electron chi connectivity index (χ0n) is 27.5. The van der Waals surface area contributed by atoms with Gasteiger partial charge >= 0.3 is 11.9 Å². The number of rotatable bonds is 14. The SMILES string of the molecule is C=CC(=O)OCCCCOc1ccc(C#Cc2ccc(C#Cc3ccc(CC(=O)Sc4ccc(COC(=O)C(=C)CO)cc4)cc3)cc2)cc1. The van der Waals surface area contributed by atoms with Gasteiger partial charge < -0.3 is 19.3 Å². The molecule has 0 spiro atoms. The number of ether oxygens (including phenoxy) is 3. The van der Waals surface area contributed by atoms with Crippen LogP contribution in [-0.2, 0) is 36.9 Å². The van der Waals surface area contributed by atoms with Crippen molar-refractivity contribution >= 4 is 28.8 Å². The van der Waals surface area contributed by atoms with Gasteiger partial charge in [-0.3, -0.25) is 4.79 Å². The molecule has 8 heteroatoms. The molecule has 50 heavy (non-hydrogen) atoms. The van der Waals surface area contributed by atoms with Gasteiger partial charge in [-0.05, 0) is 96.8 Å². The van der Waals surface area contributed by atoms with Gasteiger partial charge in [-0.25, -0.2) is 9.59 Å². The summed E-state index contributed by atoms with van der Waals surface area (Å²) in [6, 6.07) is 30.1. The number of hydrogen-bond acceptors (Lipinski definition) is 8. The monoisotopic (exact) mass is 684 g/mol. The Kier molecular flexibility index (Phi) is 14.7. The molecule has 1 N–H and O–H groups in total. The maximum absolute atomic E-state index is 12.6. The van der Waals surface area contributed by atoms with Crippen LogP contribution >= 0.6 is 11.8 Å². The number of carbonyl (C=O) groups is 3. The minimum Gasteiger partial charge on any atom is -0.494 e. The van der Waals surface area contributed by atoms with E-state index >= 15 is 0 Å². The lowest BCUT2D eigenvalue weighted by Gasteiger charge is -2.06. The molecule has 4 rings (SSSR count). The van der Waals surface area contributed by atoms with Crippen LogP contribution in [0.2, 0.25) is 0 Å². The molecule has 0 saturated carbocycles. The van der Waals surface area contributed by atoms with E-state index in [0.29, 0.717) is 13.2 Å². The molecule has 252 valence electrons. The van der Waals surface area contributed by atoms with Gasteiger partial charge in [-0.15, -0.1) is 0 Å². The van der Waals surface area contributed by atoms with Crippen molar-refractivity contribution in [2.24, 2.45) is 0 Å². The van der Waals surface area contributed by atoms with Gasteiger partial charge in [-0.2, -0.15) is 0 Å². The first-order chi connectivity index (χ1) is 24.3. The highest BCUT2D eigenvalue weighted by Gasteiger charge is 2.09. The highest BCUT2D eigenvalue weighted by atomic mass is 32.2. The molecule has 0 aromatic heterocycles. The van der Waals surface area contributed by atoms with Crippen LogP contribution in [0.1, 0.15) is 46.2 Å². The lowest BCUT2D eigenvalue weighted by Crippen LogP contribution is -2.09. The zero-order chi connectivity index (χ0) is 35.6. The molecule has 0 radical (unpaired) electrons. The van der Waals surface area contributed by atoms with E-state index < -0.39 is 18.5 Å². The molecule has 0 unspecified atom stereocenters. The Morgan fingerprint density at radius 2 is 1.18 bits per heavy atom. The maximum Gasteiger partial charge on any atom is 0.336 e. The van der Waals surface area contributed by atoms with Gasteiger partial charge in [0.05, 0.1) is 25.4 Å². The standard InChI is InChI=1S/C42H36O7S/c1-3-40(44)48-27-5-4-26-47-38-22-18-35(19-23-38)13-12-33-8-6-32(7-9-33)10-11-34-14-16-36(17-15-34)28-41(45)50-39-24-20-37(21-25-39)30-49-42(46)31(2)29-43/h3,6-9,14-25,43H,1-2,4-5,26-30H2. The van der Waals surface area contributed by atoms with Crippen molar-refractivity contribution in [3.8, 4) is 29.4 Å². The predicted octanol–water partition coefficient (Wildman–Crippen LogP) is 6.83. The van der Waals surface area contributed by atoms with Crippen molar-refractivity contribution in [1.82, 2.24) is 0 Å². The third-order valence-electron chi connectivity index (χ3n) is 6.97. The molecule has 0 saturated heterocycles. The van der Waals surface area contributed by atoms with Crippen LogP contribution in [0.5, 0.6) is 5.75 Å². The number of thioether (sulfide) groups is 1. The van der Waals surface area contributed by atoms with E-state index in [1.165, 1.54) is 0 Å². The topological polar surface area (TPSA) is 99.1 Å². The molecule has 0 heterocycles. The van der Waals surface area contributed by atoms with Crippen LogP contribution in [0.15, 0.2) is 127 Å². The van der Waals surface area contributed by atoms with Gasteiger partial charge in [0, 0.05) is 39.6 Å². The Balaban J connectivity index is 1.19. The average Bonchev–Trinajstić information content (AvgIpc) is 3.15. The summed E-state index contributed by atoms with van der Waals surface area (Å²) in [6.45, 7) is 7.30. The fraction of sp³-hybridized carbons (Fsp3) is 0.167. The summed E-state index contributed by atoms with van der Waals surface area (Å²) in [4.78, 5) is 36.1. The lowest BCUT2D eigenvalue weighted by molar-refractivity contribution is -0.141.